The predicted molar refractivity (Wildman–Crippen MR) is 293 cm³/mol. The van der Waals surface area contributed by atoms with Crippen LogP contribution in [0.25, 0.3) is 105 Å². The van der Waals surface area contributed by atoms with Crippen LogP contribution in [-0.2, 0) is 5.41 Å². The molecule has 0 N–H and O–H groups in total. The fraction of sp³-hybridized carbons (Fsp3) is 0.0152. The number of benzene rings is 9. The van der Waals surface area contributed by atoms with Crippen molar-refractivity contribution in [2.24, 2.45) is 0 Å². The standard InChI is InChI=1S/C66H38N6O/c67-38-40-26-29-60-50(33-40)48-17-3-8-23-58(48)72(60)45-28-31-63-54(37-45)66(52-19-5-10-25-62(52)73-63)53-20-12-32-68-64(53)65-55(66)35-42(39-69-65)41-27-30-61-51(34-41)49-18-4-9-24-59(49)71(61)44-14-11-13-43(36-44)70-56-21-6-1-15-46(56)47-16-2-7-22-57(47)70/h1-37,39H. The Bertz CT molecular complexity index is 4700. The minimum Gasteiger partial charge on any atom is -0.457 e. The van der Waals surface area contributed by atoms with Crippen molar-refractivity contribution >= 4 is 65.4 Å². The lowest BCUT2D eigenvalue weighted by atomic mass is 9.66. The first-order valence-corrected chi connectivity index (χ1v) is 24.6. The number of rotatable bonds is 4. The summed E-state index contributed by atoms with van der Waals surface area (Å²) in [6.45, 7) is 0. The molecular formula is C66H38N6O. The van der Waals surface area contributed by atoms with E-state index >= 15 is 0 Å². The number of ether oxygens (including phenoxy) is 1. The molecule has 1 aliphatic heterocycles. The van der Waals surface area contributed by atoms with E-state index in [1.54, 1.807) is 0 Å². The normalized spacial score (nSPS) is 14.5. The maximum Gasteiger partial charge on any atom is 0.132 e. The molecule has 0 saturated heterocycles. The first-order chi connectivity index (χ1) is 36.2. The largest absolute Gasteiger partial charge is 0.457 e. The second-order valence-corrected chi connectivity index (χ2v) is 19.2. The first-order valence-electron chi connectivity index (χ1n) is 24.6. The van der Waals surface area contributed by atoms with Gasteiger partial charge in [0.15, 0.2) is 0 Å². The lowest BCUT2D eigenvalue weighted by Crippen LogP contribution is -2.32. The summed E-state index contributed by atoms with van der Waals surface area (Å²) >= 11 is 0. The fourth-order valence-electron chi connectivity index (χ4n) is 12.6. The Balaban J connectivity index is 0.892. The van der Waals surface area contributed by atoms with Crippen LogP contribution in [0.5, 0.6) is 11.5 Å². The number of para-hydroxylation sites is 5. The molecule has 7 nitrogen and oxygen atoms in total. The van der Waals surface area contributed by atoms with Crippen molar-refractivity contribution in [3.8, 4) is 57.1 Å². The number of nitriles is 1. The molecule has 1 spiro atoms. The number of aromatic nitrogens is 5. The van der Waals surface area contributed by atoms with Crippen LogP contribution in [0.15, 0.2) is 231 Å². The molecule has 0 saturated carbocycles. The minimum absolute atomic E-state index is 0.631. The van der Waals surface area contributed by atoms with Gasteiger partial charge in [0.1, 0.15) is 11.5 Å². The van der Waals surface area contributed by atoms with Crippen molar-refractivity contribution in [2.45, 2.75) is 5.41 Å². The van der Waals surface area contributed by atoms with E-state index < -0.39 is 5.41 Å². The van der Waals surface area contributed by atoms with Gasteiger partial charge in [-0.15, -0.1) is 0 Å². The summed E-state index contributed by atoms with van der Waals surface area (Å²) in [7, 11) is 0. The third-order valence-corrected chi connectivity index (χ3v) is 15.6. The van der Waals surface area contributed by atoms with Crippen LogP contribution in [-0.4, -0.2) is 23.7 Å². The Morgan fingerprint density at radius 3 is 1.58 bits per heavy atom. The van der Waals surface area contributed by atoms with Gasteiger partial charge in [0.05, 0.1) is 61.5 Å². The van der Waals surface area contributed by atoms with Gasteiger partial charge in [0, 0.05) is 84.0 Å². The first kappa shape index (κ1) is 39.8. The smallest absolute Gasteiger partial charge is 0.132 e. The zero-order valence-corrected chi connectivity index (χ0v) is 39.0. The highest BCUT2D eigenvalue weighted by atomic mass is 16.5. The van der Waals surface area contributed by atoms with E-state index in [-0.39, 0.29) is 0 Å². The van der Waals surface area contributed by atoms with E-state index in [9.17, 15) is 5.26 Å². The summed E-state index contributed by atoms with van der Waals surface area (Å²) in [5, 5.41) is 16.9. The highest BCUT2D eigenvalue weighted by Gasteiger charge is 2.52. The third kappa shape index (κ3) is 5.36. The molecule has 1 atom stereocenters. The summed E-state index contributed by atoms with van der Waals surface area (Å²) < 4.78 is 14.0. The molecule has 14 aromatic rings. The van der Waals surface area contributed by atoms with Gasteiger partial charge >= 0.3 is 0 Å². The Kier molecular flexibility index (Phi) is 8.04. The van der Waals surface area contributed by atoms with Crippen molar-refractivity contribution in [3.05, 3.63) is 259 Å². The lowest BCUT2D eigenvalue weighted by Gasteiger charge is -2.39. The van der Waals surface area contributed by atoms with Gasteiger partial charge in [0.25, 0.3) is 0 Å². The zero-order valence-electron chi connectivity index (χ0n) is 39.0. The summed E-state index contributed by atoms with van der Waals surface area (Å²) in [6.07, 6.45) is 3.89. The molecule has 0 bridgehead atoms. The molecule has 338 valence electrons. The van der Waals surface area contributed by atoms with Gasteiger partial charge < -0.3 is 18.4 Å². The summed E-state index contributed by atoms with van der Waals surface area (Å²) in [4.78, 5) is 10.5. The fourth-order valence-corrected chi connectivity index (χ4v) is 12.6. The van der Waals surface area contributed by atoms with Crippen molar-refractivity contribution in [1.29, 1.82) is 5.26 Å². The molecule has 5 aromatic heterocycles. The molecule has 2 aliphatic rings. The topological polar surface area (TPSA) is 73.6 Å². The van der Waals surface area contributed by atoms with E-state index in [1.807, 2.05) is 36.7 Å². The van der Waals surface area contributed by atoms with Crippen molar-refractivity contribution in [1.82, 2.24) is 23.7 Å². The van der Waals surface area contributed by atoms with Gasteiger partial charge in [-0.1, -0.05) is 109 Å². The molecular weight excluding hydrogens is 893 g/mol. The third-order valence-electron chi connectivity index (χ3n) is 15.6. The molecule has 9 aromatic carbocycles. The molecule has 73 heavy (non-hydrogen) atoms. The summed E-state index contributed by atoms with van der Waals surface area (Å²) in [5.41, 5.74) is 17.7. The Labute approximate surface area is 418 Å². The minimum atomic E-state index is -0.823. The van der Waals surface area contributed by atoms with Gasteiger partial charge in [-0.05, 0) is 120 Å². The number of pyridine rings is 2. The second-order valence-electron chi connectivity index (χ2n) is 19.2. The quantitative estimate of drug-likeness (QED) is 0.176. The molecule has 0 radical (unpaired) electrons. The molecule has 0 fully saturated rings. The van der Waals surface area contributed by atoms with Crippen LogP contribution in [0.4, 0.5) is 0 Å². The maximum absolute atomic E-state index is 9.91. The van der Waals surface area contributed by atoms with Gasteiger partial charge in [0.2, 0.25) is 0 Å². The number of hydrogen-bond donors (Lipinski definition) is 0. The SMILES string of the molecule is N#Cc1ccc2c(c1)c1ccccc1n2-c1ccc2c(c1)C1(c3ccccc3O2)c2cccnc2-c2ncc(-c3ccc4c(c3)c3ccccc3n4-c3cccc(-n4c5ccccc5c5ccccc54)c3)cc21. The summed E-state index contributed by atoms with van der Waals surface area (Å²) in [6, 6.07) is 80.1. The van der Waals surface area contributed by atoms with E-state index in [2.05, 4.69) is 214 Å². The average molecular weight is 931 g/mol. The second kappa shape index (κ2) is 14.8. The molecule has 1 aliphatic carbocycles. The van der Waals surface area contributed by atoms with Gasteiger partial charge in [-0.2, -0.15) is 5.26 Å². The predicted octanol–water partition coefficient (Wildman–Crippen LogP) is 15.8. The van der Waals surface area contributed by atoms with Crippen LogP contribution in [0.1, 0.15) is 27.8 Å². The highest BCUT2D eigenvalue weighted by molar-refractivity contribution is 6.12. The Hall–Kier alpha value is -10.0. The van der Waals surface area contributed by atoms with E-state index in [0.29, 0.717) is 5.56 Å². The molecule has 16 rings (SSSR count). The number of fused-ring (bicyclic) bond motifs is 18. The van der Waals surface area contributed by atoms with E-state index in [0.717, 1.165) is 112 Å². The van der Waals surface area contributed by atoms with Crippen LogP contribution >= 0.6 is 0 Å². The Morgan fingerprint density at radius 1 is 0.370 bits per heavy atom. The number of nitrogens with zero attached hydrogens (tertiary/aromatic N) is 6. The van der Waals surface area contributed by atoms with E-state index in [1.165, 1.54) is 27.2 Å². The van der Waals surface area contributed by atoms with Crippen LogP contribution in [0, 0.1) is 11.3 Å². The van der Waals surface area contributed by atoms with Crippen LogP contribution in [0.2, 0.25) is 0 Å². The van der Waals surface area contributed by atoms with Crippen LogP contribution in [0.3, 0.4) is 0 Å². The highest BCUT2D eigenvalue weighted by Crippen LogP contribution is 2.62. The van der Waals surface area contributed by atoms with Crippen LogP contribution < -0.4 is 4.74 Å². The molecule has 0 amide bonds. The molecule has 7 heteroatoms. The Morgan fingerprint density at radius 2 is 0.904 bits per heavy atom. The monoisotopic (exact) mass is 930 g/mol. The van der Waals surface area contributed by atoms with Crippen molar-refractivity contribution < 1.29 is 4.74 Å². The molecule has 1 unspecified atom stereocenters. The van der Waals surface area contributed by atoms with Crippen molar-refractivity contribution in [2.75, 3.05) is 0 Å². The zero-order chi connectivity index (χ0) is 47.9. The summed E-state index contributed by atoms with van der Waals surface area (Å²) in [5.74, 6) is 1.58. The van der Waals surface area contributed by atoms with Gasteiger partial charge in [-0.25, -0.2) is 0 Å². The van der Waals surface area contributed by atoms with E-state index in [4.69, 9.17) is 14.7 Å². The average Bonchev–Trinajstić information content (AvgIpc) is 4.19. The van der Waals surface area contributed by atoms with Crippen molar-refractivity contribution in [3.63, 3.8) is 0 Å². The molecule has 6 heterocycles. The van der Waals surface area contributed by atoms with Gasteiger partial charge in [-0.3, -0.25) is 9.97 Å². The lowest BCUT2D eigenvalue weighted by molar-refractivity contribution is 0.436. The number of hydrogen-bond acceptors (Lipinski definition) is 4. The maximum atomic E-state index is 9.91.